The molecular formula is C17H14BrClO4. The van der Waals surface area contributed by atoms with Gasteiger partial charge in [0.15, 0.2) is 11.5 Å². The molecule has 4 nitrogen and oxygen atoms in total. The summed E-state index contributed by atoms with van der Waals surface area (Å²) in [6.07, 6.45) is 2.88. The molecule has 2 rings (SSSR count). The maximum Gasteiger partial charge on any atom is 0.331 e. The van der Waals surface area contributed by atoms with Gasteiger partial charge in [-0.25, -0.2) is 4.79 Å². The molecule has 0 heterocycles. The van der Waals surface area contributed by atoms with E-state index in [0.29, 0.717) is 20.8 Å². The van der Waals surface area contributed by atoms with E-state index in [2.05, 4.69) is 15.9 Å². The first-order chi connectivity index (χ1) is 11.0. The van der Waals surface area contributed by atoms with Crippen LogP contribution in [0.4, 0.5) is 0 Å². The number of carbonyl (C=O) groups is 1. The average molecular weight is 398 g/mol. The van der Waals surface area contributed by atoms with Crippen molar-refractivity contribution in [1.29, 1.82) is 0 Å². The molecule has 0 amide bonds. The lowest BCUT2D eigenvalue weighted by atomic mass is 10.2. The number of hydrogen-bond donors (Lipinski definition) is 1. The molecule has 0 aromatic heterocycles. The SMILES string of the molecule is COc1cc(/C=C/C(=O)OCc2cccc(Cl)c2)cc(Br)c1O. The Bertz CT molecular complexity index is 743. The Kier molecular flexibility index (Phi) is 6.07. The quantitative estimate of drug-likeness (QED) is 0.593. The summed E-state index contributed by atoms with van der Waals surface area (Å²) < 4.78 is 10.7. The fourth-order valence-electron chi connectivity index (χ4n) is 1.84. The average Bonchev–Trinajstić information content (AvgIpc) is 2.54. The fourth-order valence-corrected chi connectivity index (χ4v) is 2.51. The Morgan fingerprint density at radius 3 is 2.83 bits per heavy atom. The predicted molar refractivity (Wildman–Crippen MR) is 92.6 cm³/mol. The molecule has 0 aliphatic heterocycles. The normalized spacial score (nSPS) is 10.7. The zero-order chi connectivity index (χ0) is 16.8. The van der Waals surface area contributed by atoms with Crippen LogP contribution < -0.4 is 4.74 Å². The standard InChI is InChI=1S/C17H14BrClO4/c1-22-15-9-11(8-14(18)17(15)21)5-6-16(20)23-10-12-3-2-4-13(19)7-12/h2-9,21H,10H2,1H3/b6-5+. The second-order valence-electron chi connectivity index (χ2n) is 4.62. The number of ether oxygens (including phenoxy) is 2. The maximum absolute atomic E-state index is 11.7. The molecule has 0 unspecified atom stereocenters. The first-order valence-corrected chi connectivity index (χ1v) is 7.82. The van der Waals surface area contributed by atoms with Crippen molar-refractivity contribution in [3.8, 4) is 11.5 Å². The lowest BCUT2D eigenvalue weighted by Crippen LogP contribution is -2.00. The Hall–Kier alpha value is -1.98. The number of benzene rings is 2. The van der Waals surface area contributed by atoms with Crippen LogP contribution >= 0.6 is 27.5 Å². The number of aromatic hydroxyl groups is 1. The van der Waals surface area contributed by atoms with E-state index >= 15 is 0 Å². The van der Waals surface area contributed by atoms with Gasteiger partial charge in [0.2, 0.25) is 0 Å². The van der Waals surface area contributed by atoms with Crippen LogP contribution in [0.1, 0.15) is 11.1 Å². The first-order valence-electron chi connectivity index (χ1n) is 6.65. The van der Waals surface area contributed by atoms with E-state index in [1.54, 1.807) is 36.4 Å². The number of carbonyl (C=O) groups excluding carboxylic acids is 1. The lowest BCUT2D eigenvalue weighted by molar-refractivity contribution is -0.138. The highest BCUT2D eigenvalue weighted by atomic mass is 79.9. The molecule has 120 valence electrons. The van der Waals surface area contributed by atoms with E-state index in [1.807, 2.05) is 6.07 Å². The van der Waals surface area contributed by atoms with Crippen molar-refractivity contribution >= 4 is 39.6 Å². The molecule has 0 fully saturated rings. The second kappa shape index (κ2) is 8.04. The fraction of sp³-hybridized carbons (Fsp3) is 0.118. The van der Waals surface area contributed by atoms with Gasteiger partial charge in [0, 0.05) is 11.1 Å². The van der Waals surface area contributed by atoms with Gasteiger partial charge in [-0.3, -0.25) is 0 Å². The van der Waals surface area contributed by atoms with Crippen molar-refractivity contribution in [2.45, 2.75) is 6.61 Å². The summed E-state index contributed by atoms with van der Waals surface area (Å²) in [4.78, 5) is 11.7. The van der Waals surface area contributed by atoms with E-state index in [0.717, 1.165) is 5.56 Å². The van der Waals surface area contributed by atoms with E-state index in [-0.39, 0.29) is 12.4 Å². The maximum atomic E-state index is 11.7. The molecule has 2 aromatic carbocycles. The van der Waals surface area contributed by atoms with Gasteiger partial charge in [-0.05, 0) is 57.4 Å². The van der Waals surface area contributed by atoms with Gasteiger partial charge in [0.1, 0.15) is 6.61 Å². The number of halogens is 2. The summed E-state index contributed by atoms with van der Waals surface area (Å²) in [5.74, 6) is -0.160. The molecule has 1 N–H and O–H groups in total. The molecule has 0 spiro atoms. The summed E-state index contributed by atoms with van der Waals surface area (Å²) in [6, 6.07) is 10.4. The Balaban J connectivity index is 2.00. The summed E-state index contributed by atoms with van der Waals surface area (Å²) in [6.45, 7) is 0.145. The lowest BCUT2D eigenvalue weighted by Gasteiger charge is -2.06. The molecule has 0 atom stereocenters. The van der Waals surface area contributed by atoms with Gasteiger partial charge >= 0.3 is 5.97 Å². The van der Waals surface area contributed by atoms with Crippen molar-refractivity contribution < 1.29 is 19.4 Å². The van der Waals surface area contributed by atoms with Crippen molar-refractivity contribution in [1.82, 2.24) is 0 Å². The largest absolute Gasteiger partial charge is 0.503 e. The molecule has 0 saturated carbocycles. The minimum absolute atomic E-state index is 0.00758. The highest BCUT2D eigenvalue weighted by Gasteiger charge is 2.07. The van der Waals surface area contributed by atoms with Crippen LogP contribution in [-0.2, 0) is 16.1 Å². The molecule has 0 aliphatic carbocycles. The molecule has 0 bridgehead atoms. The van der Waals surface area contributed by atoms with Crippen LogP contribution in [0.3, 0.4) is 0 Å². The van der Waals surface area contributed by atoms with Gasteiger partial charge in [-0.2, -0.15) is 0 Å². The molecular weight excluding hydrogens is 384 g/mol. The second-order valence-corrected chi connectivity index (χ2v) is 5.92. The van der Waals surface area contributed by atoms with Crippen LogP contribution in [0.2, 0.25) is 5.02 Å². The van der Waals surface area contributed by atoms with E-state index in [4.69, 9.17) is 21.1 Å². The Morgan fingerprint density at radius 1 is 1.35 bits per heavy atom. The topological polar surface area (TPSA) is 55.8 Å². The highest BCUT2D eigenvalue weighted by molar-refractivity contribution is 9.10. The van der Waals surface area contributed by atoms with E-state index < -0.39 is 5.97 Å². The van der Waals surface area contributed by atoms with Crippen molar-refractivity contribution in [3.63, 3.8) is 0 Å². The van der Waals surface area contributed by atoms with Crippen molar-refractivity contribution in [2.24, 2.45) is 0 Å². The van der Waals surface area contributed by atoms with Crippen LogP contribution in [0.15, 0.2) is 46.9 Å². The number of rotatable bonds is 5. The van der Waals surface area contributed by atoms with Gasteiger partial charge in [0.25, 0.3) is 0 Å². The third kappa shape index (κ3) is 5.01. The molecule has 0 aliphatic rings. The van der Waals surface area contributed by atoms with E-state index in [9.17, 15) is 9.90 Å². The minimum atomic E-state index is -0.479. The number of esters is 1. The summed E-state index contributed by atoms with van der Waals surface area (Å²) >= 11 is 9.09. The van der Waals surface area contributed by atoms with Crippen molar-refractivity contribution in [3.05, 3.63) is 63.1 Å². The third-order valence-corrected chi connectivity index (χ3v) is 3.79. The minimum Gasteiger partial charge on any atom is -0.503 e. The van der Waals surface area contributed by atoms with Gasteiger partial charge in [-0.1, -0.05) is 23.7 Å². The van der Waals surface area contributed by atoms with Crippen LogP contribution in [-0.4, -0.2) is 18.2 Å². The monoisotopic (exact) mass is 396 g/mol. The number of hydrogen-bond acceptors (Lipinski definition) is 4. The zero-order valence-electron chi connectivity index (χ0n) is 12.3. The number of methoxy groups -OCH3 is 1. The van der Waals surface area contributed by atoms with Crippen LogP contribution in [0.25, 0.3) is 6.08 Å². The third-order valence-electron chi connectivity index (χ3n) is 2.95. The summed E-state index contributed by atoms with van der Waals surface area (Å²) in [5.41, 5.74) is 1.50. The number of phenolic OH excluding ortho intramolecular Hbond substituents is 1. The van der Waals surface area contributed by atoms with Crippen LogP contribution in [0.5, 0.6) is 11.5 Å². The molecule has 6 heteroatoms. The predicted octanol–water partition coefficient (Wildman–Crippen LogP) is 4.57. The summed E-state index contributed by atoms with van der Waals surface area (Å²) in [7, 11) is 1.45. The van der Waals surface area contributed by atoms with Gasteiger partial charge < -0.3 is 14.6 Å². The van der Waals surface area contributed by atoms with Crippen molar-refractivity contribution in [2.75, 3.05) is 7.11 Å². The Labute approximate surface area is 147 Å². The van der Waals surface area contributed by atoms with Gasteiger partial charge in [0.05, 0.1) is 11.6 Å². The van der Waals surface area contributed by atoms with Crippen LogP contribution in [0, 0.1) is 0 Å². The number of phenols is 1. The Morgan fingerprint density at radius 2 is 2.13 bits per heavy atom. The highest BCUT2D eigenvalue weighted by Crippen LogP contribution is 2.35. The summed E-state index contributed by atoms with van der Waals surface area (Å²) in [5, 5.41) is 10.3. The smallest absolute Gasteiger partial charge is 0.331 e. The van der Waals surface area contributed by atoms with E-state index in [1.165, 1.54) is 13.2 Å². The van der Waals surface area contributed by atoms with Gasteiger partial charge in [-0.15, -0.1) is 0 Å². The molecule has 23 heavy (non-hydrogen) atoms. The molecule has 0 radical (unpaired) electrons. The molecule has 0 saturated heterocycles. The molecule has 2 aromatic rings. The zero-order valence-corrected chi connectivity index (χ0v) is 14.6. The first kappa shape index (κ1) is 17.4.